The van der Waals surface area contributed by atoms with Gasteiger partial charge in [0.1, 0.15) is 11.2 Å². The molecular weight excluding hydrogens is 284 g/mol. The highest BCUT2D eigenvalue weighted by Gasteiger charge is 2.50. The van der Waals surface area contributed by atoms with Crippen LogP contribution in [0.25, 0.3) is 0 Å². The van der Waals surface area contributed by atoms with E-state index in [-0.39, 0.29) is 5.97 Å². The molecule has 0 fully saturated rings. The van der Waals surface area contributed by atoms with E-state index in [0.717, 1.165) is 16.7 Å². The molecule has 0 aromatic heterocycles. The highest BCUT2D eigenvalue weighted by atomic mass is 35.5. The maximum Gasteiger partial charge on any atom is 0.326 e. The minimum Gasteiger partial charge on any atom is -0.425 e. The summed E-state index contributed by atoms with van der Waals surface area (Å²) in [4.78, 5) is 12.7. The van der Waals surface area contributed by atoms with Crippen LogP contribution in [-0.2, 0) is 10.2 Å². The molecule has 106 valence electrons. The highest BCUT2D eigenvalue weighted by Crippen LogP contribution is 2.48. The SMILES string of the molecule is C=C(C)CC1(c2ccccc2)C(=O)Oc2ccc(Cl)cc21. The van der Waals surface area contributed by atoms with Crippen molar-refractivity contribution in [3.63, 3.8) is 0 Å². The molecule has 1 heterocycles. The molecule has 0 bridgehead atoms. The van der Waals surface area contributed by atoms with E-state index in [0.29, 0.717) is 17.2 Å². The number of carbonyl (C=O) groups excluding carboxylic acids is 1. The van der Waals surface area contributed by atoms with Crippen molar-refractivity contribution >= 4 is 17.6 Å². The first-order chi connectivity index (χ1) is 10.0. The van der Waals surface area contributed by atoms with Crippen LogP contribution in [0.1, 0.15) is 24.5 Å². The van der Waals surface area contributed by atoms with Crippen molar-refractivity contribution in [3.05, 3.63) is 76.8 Å². The predicted molar refractivity (Wildman–Crippen MR) is 83.7 cm³/mol. The minimum absolute atomic E-state index is 0.269. The van der Waals surface area contributed by atoms with Crippen molar-refractivity contribution in [2.45, 2.75) is 18.8 Å². The van der Waals surface area contributed by atoms with E-state index in [1.807, 2.05) is 43.3 Å². The van der Waals surface area contributed by atoms with E-state index in [1.54, 1.807) is 12.1 Å². The zero-order chi connectivity index (χ0) is 15.0. The molecule has 1 aliphatic rings. The first-order valence-corrected chi connectivity index (χ1v) is 7.14. The molecule has 3 heteroatoms. The van der Waals surface area contributed by atoms with Gasteiger partial charge in [0.2, 0.25) is 0 Å². The monoisotopic (exact) mass is 298 g/mol. The van der Waals surface area contributed by atoms with Gasteiger partial charge in [-0.1, -0.05) is 47.5 Å². The third-order valence-electron chi connectivity index (χ3n) is 3.79. The highest BCUT2D eigenvalue weighted by molar-refractivity contribution is 6.30. The molecule has 1 unspecified atom stereocenters. The fourth-order valence-corrected chi connectivity index (χ4v) is 3.11. The van der Waals surface area contributed by atoms with Gasteiger partial charge >= 0.3 is 5.97 Å². The summed E-state index contributed by atoms with van der Waals surface area (Å²) in [6.45, 7) is 5.90. The van der Waals surface area contributed by atoms with Crippen LogP contribution in [0.2, 0.25) is 5.02 Å². The molecule has 2 nitrogen and oxygen atoms in total. The third-order valence-corrected chi connectivity index (χ3v) is 4.02. The lowest BCUT2D eigenvalue weighted by atomic mass is 9.71. The van der Waals surface area contributed by atoms with Gasteiger partial charge in [0, 0.05) is 10.6 Å². The van der Waals surface area contributed by atoms with Crippen LogP contribution >= 0.6 is 11.6 Å². The zero-order valence-corrected chi connectivity index (χ0v) is 12.5. The van der Waals surface area contributed by atoms with Crippen LogP contribution < -0.4 is 4.74 Å². The Morgan fingerprint density at radius 3 is 2.62 bits per heavy atom. The Kier molecular flexibility index (Phi) is 3.34. The summed E-state index contributed by atoms with van der Waals surface area (Å²) in [5.74, 6) is 0.309. The van der Waals surface area contributed by atoms with E-state index in [1.165, 1.54) is 0 Å². The smallest absolute Gasteiger partial charge is 0.326 e. The number of halogens is 1. The van der Waals surface area contributed by atoms with Crippen LogP contribution in [0.3, 0.4) is 0 Å². The van der Waals surface area contributed by atoms with Gasteiger partial charge in [-0.3, -0.25) is 4.79 Å². The lowest BCUT2D eigenvalue weighted by molar-refractivity contribution is -0.136. The molecule has 0 saturated heterocycles. The second-order valence-corrected chi connectivity index (χ2v) is 5.87. The number of rotatable bonds is 3. The Bertz CT molecular complexity index is 721. The van der Waals surface area contributed by atoms with Gasteiger partial charge < -0.3 is 4.74 Å². The predicted octanol–water partition coefficient (Wildman–Crippen LogP) is 4.51. The Balaban J connectivity index is 2.29. The normalized spacial score (nSPS) is 20.0. The van der Waals surface area contributed by atoms with Gasteiger partial charge in [-0.2, -0.15) is 0 Å². The van der Waals surface area contributed by atoms with Crippen LogP contribution in [-0.4, -0.2) is 5.97 Å². The van der Waals surface area contributed by atoms with Gasteiger partial charge in [-0.15, -0.1) is 6.58 Å². The quantitative estimate of drug-likeness (QED) is 0.473. The van der Waals surface area contributed by atoms with E-state index >= 15 is 0 Å². The average Bonchev–Trinajstić information content (AvgIpc) is 2.73. The first-order valence-electron chi connectivity index (χ1n) is 6.76. The number of carbonyl (C=O) groups is 1. The molecule has 0 aliphatic carbocycles. The second kappa shape index (κ2) is 5.05. The number of hydrogen-bond donors (Lipinski definition) is 0. The molecule has 21 heavy (non-hydrogen) atoms. The Labute approximate surface area is 129 Å². The molecule has 1 atom stereocenters. The van der Waals surface area contributed by atoms with Crippen LogP contribution in [0.5, 0.6) is 5.75 Å². The van der Waals surface area contributed by atoms with Crippen molar-refractivity contribution < 1.29 is 9.53 Å². The lowest BCUT2D eigenvalue weighted by Gasteiger charge is -2.27. The maximum atomic E-state index is 12.7. The summed E-state index contributed by atoms with van der Waals surface area (Å²) < 4.78 is 5.49. The molecule has 0 saturated carbocycles. The second-order valence-electron chi connectivity index (χ2n) is 5.44. The topological polar surface area (TPSA) is 26.3 Å². The van der Waals surface area contributed by atoms with Gasteiger partial charge in [-0.05, 0) is 37.1 Å². The fraction of sp³-hybridized carbons (Fsp3) is 0.167. The van der Waals surface area contributed by atoms with E-state index in [9.17, 15) is 4.79 Å². The molecule has 2 aromatic rings. The van der Waals surface area contributed by atoms with E-state index in [4.69, 9.17) is 16.3 Å². The fourth-order valence-electron chi connectivity index (χ4n) is 2.94. The van der Waals surface area contributed by atoms with E-state index in [2.05, 4.69) is 6.58 Å². The molecule has 3 rings (SSSR count). The molecule has 0 radical (unpaired) electrons. The Morgan fingerprint density at radius 2 is 1.95 bits per heavy atom. The number of esters is 1. The van der Waals surface area contributed by atoms with Gasteiger partial charge in [0.25, 0.3) is 0 Å². The summed E-state index contributed by atoms with van der Waals surface area (Å²) >= 11 is 6.13. The zero-order valence-electron chi connectivity index (χ0n) is 11.7. The number of fused-ring (bicyclic) bond motifs is 1. The van der Waals surface area contributed by atoms with Crippen LogP contribution in [0.4, 0.5) is 0 Å². The Morgan fingerprint density at radius 1 is 1.24 bits per heavy atom. The molecule has 0 spiro atoms. The molecule has 0 amide bonds. The standard InChI is InChI=1S/C18H15ClO2/c1-12(2)11-18(13-6-4-3-5-7-13)15-10-14(19)8-9-16(15)21-17(18)20/h3-10H,1,11H2,2H3. The summed E-state index contributed by atoms with van der Waals surface area (Å²) in [5, 5.41) is 0.592. The summed E-state index contributed by atoms with van der Waals surface area (Å²) in [5.41, 5.74) is 1.78. The Hall–Kier alpha value is -2.06. The number of hydrogen-bond acceptors (Lipinski definition) is 2. The van der Waals surface area contributed by atoms with Crippen molar-refractivity contribution in [1.82, 2.24) is 0 Å². The first kappa shape index (κ1) is 13.9. The van der Waals surface area contributed by atoms with Crippen molar-refractivity contribution in [1.29, 1.82) is 0 Å². The van der Waals surface area contributed by atoms with Gasteiger partial charge in [-0.25, -0.2) is 0 Å². The van der Waals surface area contributed by atoms with Crippen molar-refractivity contribution in [2.24, 2.45) is 0 Å². The summed E-state index contributed by atoms with van der Waals surface area (Å²) in [6.07, 6.45) is 0.503. The molecular formula is C18H15ClO2. The minimum atomic E-state index is -0.854. The van der Waals surface area contributed by atoms with Gasteiger partial charge in [0.05, 0.1) is 0 Å². The number of benzene rings is 2. The van der Waals surface area contributed by atoms with Crippen LogP contribution in [0.15, 0.2) is 60.7 Å². The van der Waals surface area contributed by atoms with Gasteiger partial charge in [0.15, 0.2) is 0 Å². The average molecular weight is 299 g/mol. The lowest BCUT2D eigenvalue weighted by Crippen LogP contribution is -2.35. The largest absolute Gasteiger partial charge is 0.425 e. The van der Waals surface area contributed by atoms with Crippen molar-refractivity contribution in [2.75, 3.05) is 0 Å². The van der Waals surface area contributed by atoms with Crippen molar-refractivity contribution in [3.8, 4) is 5.75 Å². The summed E-state index contributed by atoms with van der Waals surface area (Å²) in [6, 6.07) is 15.0. The summed E-state index contributed by atoms with van der Waals surface area (Å²) in [7, 11) is 0. The maximum absolute atomic E-state index is 12.7. The molecule has 2 aromatic carbocycles. The third kappa shape index (κ3) is 2.16. The number of ether oxygens (including phenoxy) is 1. The molecule has 0 N–H and O–H groups in total. The number of allylic oxidation sites excluding steroid dienone is 1. The van der Waals surface area contributed by atoms with Crippen LogP contribution in [0, 0.1) is 0 Å². The van der Waals surface area contributed by atoms with E-state index < -0.39 is 5.41 Å². The molecule has 1 aliphatic heterocycles.